The Labute approximate surface area is 303 Å². The van der Waals surface area contributed by atoms with Crippen molar-refractivity contribution < 1.29 is 0 Å². The third kappa shape index (κ3) is 4.47. The van der Waals surface area contributed by atoms with E-state index >= 15 is 0 Å². The summed E-state index contributed by atoms with van der Waals surface area (Å²) in [5.74, 6) is 1.35. The SMILES string of the molecule is O=c1c2ccccc2n2c3cc(-c4ccc5c(c4)c4ccccc4n5C4=NC5C=CC=CC5C(c5ccccc5)=N4)ccc3nc2n1-c1ccccc1. The minimum absolute atomic E-state index is 0.0373. The zero-order chi connectivity index (χ0) is 35.0. The van der Waals surface area contributed by atoms with E-state index in [0.29, 0.717) is 17.1 Å². The summed E-state index contributed by atoms with van der Waals surface area (Å²) in [6, 6.07) is 49.4. The van der Waals surface area contributed by atoms with Crippen molar-refractivity contribution in [2.45, 2.75) is 6.04 Å². The number of imidazole rings is 1. The first-order chi connectivity index (χ1) is 26.2. The molecule has 4 heterocycles. The van der Waals surface area contributed by atoms with Crippen molar-refractivity contribution in [3.05, 3.63) is 186 Å². The maximum absolute atomic E-state index is 13.9. The molecule has 0 radical (unpaired) electrons. The standard InChI is InChI=1S/C46H30N6O/c53-44-35-19-9-12-22-40(35)52-42-28-31(23-25-38(42)48-46(52)50(44)32-15-5-2-6-16-32)30-24-26-41-36(27-30)33-17-8-11-21-39(33)51(41)45-47-37-20-10-7-18-34(37)43(49-45)29-13-3-1-4-14-29/h1-28,34,37H. The van der Waals surface area contributed by atoms with E-state index in [0.717, 1.165) is 66.4 Å². The maximum atomic E-state index is 13.9. The molecule has 1 aliphatic heterocycles. The molecule has 1 aliphatic carbocycles. The quantitative estimate of drug-likeness (QED) is 0.186. The molecule has 53 heavy (non-hydrogen) atoms. The second kappa shape index (κ2) is 11.4. The fraction of sp³-hybridized carbons (Fsp3) is 0.0435. The summed E-state index contributed by atoms with van der Waals surface area (Å²) >= 11 is 0. The van der Waals surface area contributed by atoms with Crippen LogP contribution in [0.25, 0.3) is 66.3 Å². The van der Waals surface area contributed by atoms with Crippen molar-refractivity contribution in [1.82, 2.24) is 18.5 Å². The van der Waals surface area contributed by atoms with Gasteiger partial charge in [0.25, 0.3) is 5.56 Å². The molecule has 6 aromatic carbocycles. The van der Waals surface area contributed by atoms with Crippen molar-refractivity contribution in [3.63, 3.8) is 0 Å². The highest BCUT2D eigenvalue weighted by Crippen LogP contribution is 2.36. The Hall–Kier alpha value is -7.12. The number of para-hydroxylation sites is 3. The van der Waals surface area contributed by atoms with Gasteiger partial charge in [0.2, 0.25) is 11.7 Å². The number of aromatic nitrogens is 4. The van der Waals surface area contributed by atoms with E-state index in [4.69, 9.17) is 15.0 Å². The highest BCUT2D eigenvalue weighted by molar-refractivity contribution is 6.18. The first-order valence-corrected chi connectivity index (χ1v) is 17.8. The van der Waals surface area contributed by atoms with E-state index in [2.05, 4.69) is 118 Å². The van der Waals surface area contributed by atoms with Gasteiger partial charge >= 0.3 is 0 Å². The van der Waals surface area contributed by atoms with Crippen molar-refractivity contribution in [3.8, 4) is 16.8 Å². The number of benzene rings is 6. The van der Waals surface area contributed by atoms with Gasteiger partial charge in [-0.05, 0) is 71.3 Å². The second-order valence-electron chi connectivity index (χ2n) is 13.6. The van der Waals surface area contributed by atoms with Gasteiger partial charge < -0.3 is 0 Å². The summed E-state index contributed by atoms with van der Waals surface area (Å²) in [6.07, 6.45) is 8.56. The van der Waals surface area contributed by atoms with Crippen LogP contribution in [0.1, 0.15) is 5.56 Å². The predicted molar refractivity (Wildman–Crippen MR) is 216 cm³/mol. The van der Waals surface area contributed by atoms with Gasteiger partial charge in [0.15, 0.2) is 0 Å². The third-order valence-corrected chi connectivity index (χ3v) is 10.6. The minimum atomic E-state index is -0.0917. The van der Waals surface area contributed by atoms with Gasteiger partial charge in [0, 0.05) is 16.7 Å². The Kier molecular flexibility index (Phi) is 6.39. The fourth-order valence-corrected chi connectivity index (χ4v) is 8.16. The van der Waals surface area contributed by atoms with Gasteiger partial charge in [-0.1, -0.05) is 115 Å². The van der Waals surface area contributed by atoms with Crippen molar-refractivity contribution in [1.29, 1.82) is 0 Å². The topological polar surface area (TPSA) is 68.9 Å². The molecular weight excluding hydrogens is 653 g/mol. The lowest BCUT2D eigenvalue weighted by atomic mass is 9.86. The Bertz CT molecular complexity index is 3140. The van der Waals surface area contributed by atoms with E-state index in [-0.39, 0.29) is 17.5 Å². The summed E-state index contributed by atoms with van der Waals surface area (Å²) in [5, 5.41) is 2.90. The molecule has 0 bridgehead atoms. The van der Waals surface area contributed by atoms with Gasteiger partial charge in [-0.2, -0.15) is 0 Å². The molecule has 7 nitrogen and oxygen atoms in total. The van der Waals surface area contributed by atoms with Crippen LogP contribution < -0.4 is 5.56 Å². The first-order valence-electron chi connectivity index (χ1n) is 17.8. The van der Waals surface area contributed by atoms with Crippen LogP contribution in [0, 0.1) is 5.92 Å². The average molecular weight is 683 g/mol. The van der Waals surface area contributed by atoms with Crippen LogP contribution in [0.3, 0.4) is 0 Å². The molecule has 2 atom stereocenters. The molecule has 0 spiro atoms. The van der Waals surface area contributed by atoms with Crippen LogP contribution in [0.4, 0.5) is 0 Å². The Balaban J connectivity index is 1.11. The van der Waals surface area contributed by atoms with E-state index in [1.807, 2.05) is 60.7 Å². The summed E-state index contributed by atoms with van der Waals surface area (Å²) in [6.45, 7) is 0. The van der Waals surface area contributed by atoms with Crippen LogP contribution in [-0.4, -0.2) is 36.2 Å². The number of hydrogen-bond donors (Lipinski definition) is 0. The lowest BCUT2D eigenvalue weighted by molar-refractivity contribution is 0.703. The van der Waals surface area contributed by atoms with Gasteiger partial charge in [0.1, 0.15) is 0 Å². The summed E-state index contributed by atoms with van der Waals surface area (Å²) < 4.78 is 6.03. The molecule has 9 aromatic rings. The normalized spacial score (nSPS) is 16.8. The molecule has 0 N–H and O–H groups in total. The van der Waals surface area contributed by atoms with E-state index in [1.165, 1.54) is 0 Å². The highest BCUT2D eigenvalue weighted by Gasteiger charge is 2.30. The molecule has 11 rings (SSSR count). The van der Waals surface area contributed by atoms with Gasteiger partial charge in [0.05, 0.1) is 50.4 Å². The zero-order valence-corrected chi connectivity index (χ0v) is 28.4. The summed E-state index contributed by atoms with van der Waals surface area (Å²) in [5.41, 5.74) is 9.64. The van der Waals surface area contributed by atoms with Crippen molar-refractivity contribution >= 4 is 61.2 Å². The number of hydrogen-bond acceptors (Lipinski definition) is 4. The number of nitrogens with zero attached hydrogens (tertiary/aromatic N) is 6. The first kappa shape index (κ1) is 29.6. The smallest absolute Gasteiger partial charge is 0.267 e. The largest absolute Gasteiger partial charge is 0.278 e. The van der Waals surface area contributed by atoms with Crippen LogP contribution in [0.2, 0.25) is 0 Å². The number of rotatable bonds is 3. The average Bonchev–Trinajstić information content (AvgIpc) is 3.76. The van der Waals surface area contributed by atoms with E-state index in [1.54, 1.807) is 4.57 Å². The Morgan fingerprint density at radius 1 is 0.528 bits per heavy atom. The van der Waals surface area contributed by atoms with E-state index in [9.17, 15) is 4.79 Å². The molecule has 7 heteroatoms. The fourth-order valence-electron chi connectivity index (χ4n) is 8.16. The molecule has 0 fully saturated rings. The van der Waals surface area contributed by atoms with Gasteiger partial charge in [-0.15, -0.1) is 0 Å². The Morgan fingerprint density at radius 2 is 1.21 bits per heavy atom. The molecule has 250 valence electrons. The number of aliphatic imine (C=N–C) groups is 2. The van der Waals surface area contributed by atoms with E-state index < -0.39 is 0 Å². The van der Waals surface area contributed by atoms with Crippen molar-refractivity contribution in [2.75, 3.05) is 0 Å². The van der Waals surface area contributed by atoms with Crippen LogP contribution in [-0.2, 0) is 0 Å². The number of fused-ring (bicyclic) bond motifs is 9. The van der Waals surface area contributed by atoms with Crippen LogP contribution in [0.5, 0.6) is 0 Å². The third-order valence-electron chi connectivity index (χ3n) is 10.6. The lowest BCUT2D eigenvalue weighted by Gasteiger charge is -2.28. The molecule has 2 unspecified atom stereocenters. The molecular formula is C46H30N6O. The Morgan fingerprint density at radius 3 is 2.06 bits per heavy atom. The zero-order valence-electron chi connectivity index (χ0n) is 28.4. The highest BCUT2D eigenvalue weighted by atomic mass is 16.1. The van der Waals surface area contributed by atoms with Gasteiger partial charge in [-0.25, -0.2) is 19.5 Å². The lowest BCUT2D eigenvalue weighted by Crippen LogP contribution is -2.33. The van der Waals surface area contributed by atoms with Crippen LogP contribution >= 0.6 is 0 Å². The minimum Gasteiger partial charge on any atom is -0.278 e. The summed E-state index contributed by atoms with van der Waals surface area (Å²) in [7, 11) is 0. The number of allylic oxidation sites excluding steroid dienone is 2. The monoisotopic (exact) mass is 682 g/mol. The molecule has 0 saturated carbocycles. The van der Waals surface area contributed by atoms with Crippen molar-refractivity contribution in [2.24, 2.45) is 15.9 Å². The second-order valence-corrected chi connectivity index (χ2v) is 13.6. The molecule has 0 amide bonds. The maximum Gasteiger partial charge on any atom is 0.267 e. The molecule has 3 aromatic heterocycles. The molecule has 0 saturated heterocycles. The summed E-state index contributed by atoms with van der Waals surface area (Å²) in [4.78, 5) is 29.5. The van der Waals surface area contributed by atoms with Crippen LogP contribution in [0.15, 0.2) is 185 Å². The predicted octanol–water partition coefficient (Wildman–Crippen LogP) is 9.38. The molecule has 2 aliphatic rings. The van der Waals surface area contributed by atoms with Gasteiger partial charge in [-0.3, -0.25) is 13.8 Å².